The van der Waals surface area contributed by atoms with Crippen LogP contribution in [0.15, 0.2) is 35.2 Å². The molecule has 17 heavy (non-hydrogen) atoms. The highest BCUT2D eigenvalue weighted by atomic mass is 32.2. The van der Waals surface area contributed by atoms with E-state index in [1.165, 1.54) is 12.1 Å². The van der Waals surface area contributed by atoms with Crippen molar-refractivity contribution >= 4 is 15.8 Å². The second-order valence-corrected chi connectivity index (χ2v) is 6.17. The molecule has 0 aromatic heterocycles. The van der Waals surface area contributed by atoms with Crippen LogP contribution in [0.5, 0.6) is 0 Å². The van der Waals surface area contributed by atoms with Crippen LogP contribution in [0.25, 0.3) is 0 Å². The number of benzene rings is 1. The number of carboxylic acid groups (broad SMARTS) is 1. The van der Waals surface area contributed by atoms with E-state index < -0.39 is 27.0 Å². The Balaban J connectivity index is 2.37. The number of aliphatic carboxylic acids is 1. The Hall–Kier alpha value is -1.40. The maximum Gasteiger partial charge on any atom is 0.309 e. The van der Waals surface area contributed by atoms with Gasteiger partial charge >= 0.3 is 5.97 Å². The lowest BCUT2D eigenvalue weighted by Crippen LogP contribution is -2.33. The van der Waals surface area contributed by atoms with Crippen molar-refractivity contribution in [3.8, 4) is 0 Å². The molecule has 1 aliphatic rings. The van der Waals surface area contributed by atoms with Gasteiger partial charge in [-0.25, -0.2) is 8.42 Å². The zero-order chi connectivity index (χ0) is 12.5. The maximum absolute atomic E-state index is 12.2. The van der Waals surface area contributed by atoms with Crippen LogP contribution in [-0.2, 0) is 14.6 Å². The summed E-state index contributed by atoms with van der Waals surface area (Å²) in [6.45, 7) is 0.389. The Morgan fingerprint density at radius 3 is 2.47 bits per heavy atom. The fourth-order valence-electron chi connectivity index (χ4n) is 2.01. The smallest absolute Gasteiger partial charge is 0.309 e. The number of carbonyl (C=O) groups is 1. The molecule has 0 saturated carbocycles. The molecular formula is C11H13NO4S. The first kappa shape index (κ1) is 12.1. The van der Waals surface area contributed by atoms with Crippen molar-refractivity contribution in [2.24, 2.45) is 5.92 Å². The molecule has 0 amide bonds. The van der Waals surface area contributed by atoms with Crippen LogP contribution in [0.1, 0.15) is 0 Å². The predicted octanol–water partition coefficient (Wildman–Crippen LogP) is 0.133. The predicted molar refractivity (Wildman–Crippen MR) is 61.4 cm³/mol. The van der Waals surface area contributed by atoms with Crippen LogP contribution in [0.4, 0.5) is 0 Å². The third-order valence-electron chi connectivity index (χ3n) is 2.95. The van der Waals surface area contributed by atoms with Crippen LogP contribution in [-0.4, -0.2) is 37.8 Å². The standard InChI is InChI=1S/C11H13NO4S/c13-11(14)9-6-12-7-10(9)17(15,16)8-4-2-1-3-5-8/h1-5,9-10,12H,6-7H2,(H,13,14). The molecular weight excluding hydrogens is 242 g/mol. The van der Waals surface area contributed by atoms with E-state index in [0.717, 1.165) is 0 Å². The summed E-state index contributed by atoms with van der Waals surface area (Å²) in [5.74, 6) is -1.94. The van der Waals surface area contributed by atoms with E-state index in [2.05, 4.69) is 5.32 Å². The van der Waals surface area contributed by atoms with E-state index in [4.69, 9.17) is 5.11 Å². The average molecular weight is 255 g/mol. The Morgan fingerprint density at radius 2 is 1.88 bits per heavy atom. The number of carboxylic acids is 1. The van der Waals surface area contributed by atoms with Crippen molar-refractivity contribution in [2.75, 3.05) is 13.1 Å². The van der Waals surface area contributed by atoms with Gasteiger partial charge in [0.2, 0.25) is 0 Å². The molecule has 2 N–H and O–H groups in total. The molecule has 2 rings (SSSR count). The van der Waals surface area contributed by atoms with Gasteiger partial charge in [0.05, 0.1) is 16.1 Å². The molecule has 0 aliphatic carbocycles. The van der Waals surface area contributed by atoms with Crippen molar-refractivity contribution in [3.05, 3.63) is 30.3 Å². The Bertz CT molecular complexity index is 512. The fraction of sp³-hybridized carbons (Fsp3) is 0.364. The first-order valence-electron chi connectivity index (χ1n) is 5.26. The molecule has 1 aromatic rings. The molecule has 0 bridgehead atoms. The van der Waals surface area contributed by atoms with E-state index >= 15 is 0 Å². The Labute approximate surface area is 99.4 Å². The number of sulfone groups is 1. The van der Waals surface area contributed by atoms with E-state index in [0.29, 0.717) is 0 Å². The van der Waals surface area contributed by atoms with Gasteiger partial charge in [0.15, 0.2) is 9.84 Å². The minimum Gasteiger partial charge on any atom is -0.481 e. The summed E-state index contributed by atoms with van der Waals surface area (Å²) in [7, 11) is -3.58. The maximum atomic E-state index is 12.2. The molecule has 2 atom stereocenters. The molecule has 2 unspecified atom stereocenters. The Kier molecular flexibility index (Phi) is 3.17. The quantitative estimate of drug-likeness (QED) is 0.802. The minimum atomic E-state index is -3.58. The van der Waals surface area contributed by atoms with Crippen molar-refractivity contribution in [2.45, 2.75) is 10.1 Å². The fourth-order valence-corrected chi connectivity index (χ4v) is 3.88. The van der Waals surface area contributed by atoms with Crippen LogP contribution < -0.4 is 5.32 Å². The van der Waals surface area contributed by atoms with Gasteiger partial charge in [0.25, 0.3) is 0 Å². The van der Waals surface area contributed by atoms with Gasteiger partial charge in [-0.05, 0) is 12.1 Å². The third kappa shape index (κ3) is 2.18. The minimum absolute atomic E-state index is 0.181. The summed E-state index contributed by atoms with van der Waals surface area (Å²) in [5, 5.41) is 10.9. The first-order chi connectivity index (χ1) is 8.03. The zero-order valence-corrected chi connectivity index (χ0v) is 9.85. The van der Waals surface area contributed by atoms with Gasteiger partial charge in [0, 0.05) is 13.1 Å². The molecule has 5 nitrogen and oxygen atoms in total. The van der Waals surface area contributed by atoms with Crippen LogP contribution in [0.2, 0.25) is 0 Å². The van der Waals surface area contributed by atoms with Crippen molar-refractivity contribution in [1.29, 1.82) is 0 Å². The summed E-state index contributed by atoms with van der Waals surface area (Å²) in [4.78, 5) is 11.2. The highest BCUT2D eigenvalue weighted by molar-refractivity contribution is 7.92. The monoisotopic (exact) mass is 255 g/mol. The number of rotatable bonds is 3. The second kappa shape index (κ2) is 4.46. The highest BCUT2D eigenvalue weighted by Crippen LogP contribution is 2.24. The summed E-state index contributed by atoms with van der Waals surface area (Å²) < 4.78 is 24.5. The molecule has 1 heterocycles. The lowest BCUT2D eigenvalue weighted by Gasteiger charge is -2.15. The molecule has 1 fully saturated rings. The average Bonchev–Trinajstić information content (AvgIpc) is 2.80. The van der Waals surface area contributed by atoms with Crippen LogP contribution >= 0.6 is 0 Å². The molecule has 1 saturated heterocycles. The first-order valence-corrected chi connectivity index (χ1v) is 6.80. The number of nitrogens with one attached hydrogen (secondary N) is 1. The Morgan fingerprint density at radius 1 is 1.24 bits per heavy atom. The lowest BCUT2D eigenvalue weighted by molar-refractivity contribution is -0.140. The van der Waals surface area contributed by atoms with Crippen LogP contribution in [0.3, 0.4) is 0 Å². The van der Waals surface area contributed by atoms with Gasteiger partial charge in [-0.2, -0.15) is 0 Å². The number of hydrogen-bond donors (Lipinski definition) is 2. The van der Waals surface area contributed by atoms with Crippen LogP contribution in [0, 0.1) is 5.92 Å². The molecule has 0 radical (unpaired) electrons. The van der Waals surface area contributed by atoms with Gasteiger partial charge in [-0.15, -0.1) is 0 Å². The molecule has 92 valence electrons. The second-order valence-electron chi connectivity index (χ2n) is 4.00. The largest absolute Gasteiger partial charge is 0.481 e. The van der Waals surface area contributed by atoms with Gasteiger partial charge in [-0.1, -0.05) is 18.2 Å². The lowest BCUT2D eigenvalue weighted by atomic mass is 10.1. The van der Waals surface area contributed by atoms with E-state index in [1.54, 1.807) is 18.2 Å². The van der Waals surface area contributed by atoms with Crippen molar-refractivity contribution < 1.29 is 18.3 Å². The SMILES string of the molecule is O=C(O)C1CNCC1S(=O)(=O)c1ccccc1. The molecule has 0 spiro atoms. The van der Waals surface area contributed by atoms with Crippen molar-refractivity contribution in [3.63, 3.8) is 0 Å². The number of hydrogen-bond acceptors (Lipinski definition) is 4. The third-order valence-corrected chi connectivity index (χ3v) is 5.17. The summed E-state index contributed by atoms with van der Waals surface area (Å²) in [6.07, 6.45) is 0. The zero-order valence-electron chi connectivity index (χ0n) is 9.04. The van der Waals surface area contributed by atoms with E-state index in [1.807, 2.05) is 0 Å². The summed E-state index contributed by atoms with van der Waals surface area (Å²) in [6, 6.07) is 7.97. The topological polar surface area (TPSA) is 83.5 Å². The highest BCUT2D eigenvalue weighted by Gasteiger charge is 2.42. The molecule has 6 heteroatoms. The molecule has 1 aromatic carbocycles. The van der Waals surface area contributed by atoms with E-state index in [-0.39, 0.29) is 18.0 Å². The van der Waals surface area contributed by atoms with E-state index in [9.17, 15) is 13.2 Å². The van der Waals surface area contributed by atoms with Gasteiger partial charge < -0.3 is 10.4 Å². The van der Waals surface area contributed by atoms with Gasteiger partial charge in [-0.3, -0.25) is 4.79 Å². The molecule has 1 aliphatic heterocycles. The van der Waals surface area contributed by atoms with Gasteiger partial charge in [0.1, 0.15) is 0 Å². The summed E-state index contributed by atoms with van der Waals surface area (Å²) >= 11 is 0. The summed E-state index contributed by atoms with van der Waals surface area (Å²) in [5.41, 5.74) is 0. The van der Waals surface area contributed by atoms with Crippen molar-refractivity contribution in [1.82, 2.24) is 5.32 Å². The normalized spacial score (nSPS) is 24.7.